The van der Waals surface area contributed by atoms with Gasteiger partial charge in [-0.25, -0.2) is 0 Å². The van der Waals surface area contributed by atoms with Gasteiger partial charge in [-0.15, -0.1) is 5.10 Å². The number of ether oxygens (including phenoxy) is 1. The van der Waals surface area contributed by atoms with Crippen molar-refractivity contribution in [2.24, 2.45) is 5.10 Å². The summed E-state index contributed by atoms with van der Waals surface area (Å²) < 4.78 is 5.77. The van der Waals surface area contributed by atoms with Crippen LogP contribution in [-0.4, -0.2) is 21.7 Å². The molecule has 24 heavy (non-hydrogen) atoms. The fourth-order valence-corrected chi connectivity index (χ4v) is 2.50. The number of nitro benzene ring substituents is 1. The van der Waals surface area contributed by atoms with Crippen LogP contribution in [0.2, 0.25) is 5.02 Å². The van der Waals surface area contributed by atoms with E-state index in [1.54, 1.807) is 30.3 Å². The van der Waals surface area contributed by atoms with Gasteiger partial charge in [0.1, 0.15) is 0 Å². The summed E-state index contributed by atoms with van der Waals surface area (Å²) in [6.07, 6.45) is -0.864. The average molecular weight is 346 g/mol. The highest BCUT2D eigenvalue weighted by molar-refractivity contribution is 6.31. The van der Waals surface area contributed by atoms with Gasteiger partial charge in [-0.3, -0.25) is 14.9 Å². The van der Waals surface area contributed by atoms with E-state index in [1.165, 1.54) is 25.1 Å². The highest BCUT2D eigenvalue weighted by Crippen LogP contribution is 2.32. The Kier molecular flexibility index (Phi) is 4.18. The van der Waals surface area contributed by atoms with Crippen molar-refractivity contribution in [3.05, 3.63) is 74.8 Å². The van der Waals surface area contributed by atoms with Gasteiger partial charge in [0.05, 0.1) is 4.92 Å². The molecular formula is C16H12ClN3O4. The minimum atomic E-state index is -0.864. The summed E-state index contributed by atoms with van der Waals surface area (Å²) in [5.74, 6) is -0.118. The van der Waals surface area contributed by atoms with Crippen LogP contribution in [0, 0.1) is 10.1 Å². The summed E-state index contributed by atoms with van der Waals surface area (Å²) in [4.78, 5) is 22.3. The predicted molar refractivity (Wildman–Crippen MR) is 87.4 cm³/mol. The number of nitrogens with zero attached hydrogens (tertiary/aromatic N) is 3. The van der Waals surface area contributed by atoms with E-state index in [2.05, 4.69) is 5.10 Å². The van der Waals surface area contributed by atoms with E-state index < -0.39 is 11.2 Å². The van der Waals surface area contributed by atoms with Crippen LogP contribution in [0.5, 0.6) is 0 Å². The summed E-state index contributed by atoms with van der Waals surface area (Å²) >= 11 is 5.97. The molecule has 0 N–H and O–H groups in total. The van der Waals surface area contributed by atoms with Gasteiger partial charge in [0.25, 0.3) is 5.69 Å². The Morgan fingerprint density at radius 2 is 2.04 bits per heavy atom. The first kappa shape index (κ1) is 15.9. The van der Waals surface area contributed by atoms with Gasteiger partial charge in [0.15, 0.2) is 0 Å². The molecule has 1 atom stereocenters. The molecule has 0 unspecified atom stereocenters. The molecule has 0 aliphatic carbocycles. The van der Waals surface area contributed by atoms with Crippen molar-refractivity contribution in [1.82, 2.24) is 5.01 Å². The first-order chi connectivity index (χ1) is 11.5. The zero-order valence-corrected chi connectivity index (χ0v) is 13.3. The zero-order chi connectivity index (χ0) is 17.3. The maximum atomic E-state index is 11.9. The number of nitro groups is 1. The highest BCUT2D eigenvalue weighted by atomic mass is 35.5. The second-order valence-electron chi connectivity index (χ2n) is 5.10. The minimum absolute atomic E-state index is 0.0872. The fraction of sp³-hybridized carbons (Fsp3) is 0.125. The molecule has 3 rings (SSSR count). The topological polar surface area (TPSA) is 85.0 Å². The first-order valence-electron chi connectivity index (χ1n) is 7.01. The molecule has 1 amide bonds. The zero-order valence-electron chi connectivity index (χ0n) is 12.5. The Morgan fingerprint density at radius 1 is 1.29 bits per heavy atom. The van der Waals surface area contributed by atoms with E-state index in [1.807, 2.05) is 0 Å². The molecule has 2 aromatic carbocycles. The van der Waals surface area contributed by atoms with Gasteiger partial charge in [-0.05, 0) is 18.2 Å². The third-order valence-corrected chi connectivity index (χ3v) is 3.64. The second-order valence-corrected chi connectivity index (χ2v) is 5.54. The molecule has 1 aliphatic heterocycles. The maximum Gasteiger partial charge on any atom is 0.269 e. The molecule has 2 aromatic rings. The number of carbonyl (C=O) groups excluding carboxylic acids is 1. The highest BCUT2D eigenvalue weighted by Gasteiger charge is 2.33. The van der Waals surface area contributed by atoms with Crippen molar-refractivity contribution in [2.45, 2.75) is 13.2 Å². The largest absolute Gasteiger partial charge is 0.446 e. The molecule has 7 nitrogen and oxygen atoms in total. The molecule has 0 saturated heterocycles. The number of hydrogen-bond acceptors (Lipinski definition) is 5. The maximum absolute atomic E-state index is 11.9. The molecule has 0 radical (unpaired) electrons. The molecule has 0 aromatic heterocycles. The van der Waals surface area contributed by atoms with Gasteiger partial charge < -0.3 is 4.74 Å². The van der Waals surface area contributed by atoms with E-state index in [0.717, 1.165) is 5.01 Å². The fourth-order valence-electron chi connectivity index (χ4n) is 2.31. The van der Waals surface area contributed by atoms with Gasteiger partial charge in [0, 0.05) is 35.2 Å². The van der Waals surface area contributed by atoms with Crippen LogP contribution in [0.3, 0.4) is 0 Å². The van der Waals surface area contributed by atoms with Crippen molar-refractivity contribution < 1.29 is 14.5 Å². The number of carbonyl (C=O) groups is 1. The van der Waals surface area contributed by atoms with E-state index in [4.69, 9.17) is 16.3 Å². The molecule has 0 spiro atoms. The molecule has 122 valence electrons. The summed E-state index contributed by atoms with van der Waals surface area (Å²) in [5, 5.41) is 16.8. The number of hydrazone groups is 1. The Morgan fingerprint density at radius 3 is 2.71 bits per heavy atom. The summed E-state index contributed by atoms with van der Waals surface area (Å²) in [7, 11) is 0. The molecule has 0 fully saturated rings. The number of amides is 1. The Hall–Kier alpha value is -2.93. The lowest BCUT2D eigenvalue weighted by Crippen LogP contribution is -2.25. The number of benzene rings is 2. The van der Waals surface area contributed by atoms with Crippen LogP contribution in [0.15, 0.2) is 53.6 Å². The molecule has 8 heteroatoms. The third kappa shape index (κ3) is 3.07. The van der Waals surface area contributed by atoms with Crippen LogP contribution in [-0.2, 0) is 9.53 Å². The molecular weight excluding hydrogens is 334 g/mol. The smallest absolute Gasteiger partial charge is 0.269 e. The summed E-state index contributed by atoms with van der Waals surface area (Å²) in [6.45, 7) is 1.35. The molecule has 0 bridgehead atoms. The van der Waals surface area contributed by atoms with Crippen LogP contribution in [0.25, 0.3) is 0 Å². The van der Waals surface area contributed by atoms with Gasteiger partial charge in [-0.2, -0.15) is 5.01 Å². The van der Waals surface area contributed by atoms with E-state index >= 15 is 0 Å². The van der Waals surface area contributed by atoms with Crippen molar-refractivity contribution in [1.29, 1.82) is 0 Å². The lowest BCUT2D eigenvalue weighted by molar-refractivity contribution is -0.385. The predicted octanol–water partition coefficient (Wildman–Crippen LogP) is 3.49. The van der Waals surface area contributed by atoms with Gasteiger partial charge in [-0.1, -0.05) is 29.8 Å². The molecule has 1 heterocycles. The minimum Gasteiger partial charge on any atom is -0.446 e. The molecule has 0 saturated carbocycles. The lowest BCUT2D eigenvalue weighted by Gasteiger charge is -2.19. The summed E-state index contributed by atoms with van der Waals surface area (Å²) in [6, 6.07) is 12.8. The van der Waals surface area contributed by atoms with Crippen LogP contribution in [0.4, 0.5) is 5.69 Å². The van der Waals surface area contributed by atoms with Crippen LogP contribution in [0.1, 0.15) is 24.3 Å². The van der Waals surface area contributed by atoms with E-state index in [0.29, 0.717) is 16.1 Å². The first-order valence-corrected chi connectivity index (χ1v) is 7.39. The van der Waals surface area contributed by atoms with Crippen LogP contribution < -0.4 is 0 Å². The number of hydrogen-bond donors (Lipinski definition) is 0. The summed E-state index contributed by atoms with van der Waals surface area (Å²) in [5.41, 5.74) is 0.984. The van der Waals surface area contributed by atoms with Crippen molar-refractivity contribution >= 4 is 29.1 Å². The Balaban J connectivity index is 1.97. The second kappa shape index (κ2) is 6.29. The van der Waals surface area contributed by atoms with Crippen molar-refractivity contribution in [3.63, 3.8) is 0 Å². The van der Waals surface area contributed by atoms with Gasteiger partial charge >= 0.3 is 0 Å². The molecule has 1 aliphatic rings. The van der Waals surface area contributed by atoms with Crippen molar-refractivity contribution in [3.8, 4) is 0 Å². The van der Waals surface area contributed by atoms with Crippen molar-refractivity contribution in [2.75, 3.05) is 0 Å². The van der Waals surface area contributed by atoms with Gasteiger partial charge in [0.2, 0.25) is 18.0 Å². The Bertz CT molecular complexity index is 853. The Labute approximate surface area is 142 Å². The number of rotatable bonds is 3. The van der Waals surface area contributed by atoms with E-state index in [9.17, 15) is 14.9 Å². The normalized spacial score (nSPS) is 16.5. The lowest BCUT2D eigenvalue weighted by atomic mass is 10.1. The monoisotopic (exact) mass is 345 g/mol. The quantitative estimate of drug-likeness (QED) is 0.629. The van der Waals surface area contributed by atoms with Crippen LogP contribution >= 0.6 is 11.6 Å². The average Bonchev–Trinajstić information content (AvgIpc) is 3.00. The number of halogens is 1. The SMILES string of the molecule is CC(=O)N1N=C(c2cccc(Cl)c2)O[C@H]1c1cccc([N+](=O)[O-])c1. The van der Waals surface area contributed by atoms with E-state index in [-0.39, 0.29) is 17.5 Å². The number of non-ortho nitro benzene ring substituents is 1. The standard InChI is InChI=1S/C16H12ClN3O4/c1-10(21)19-16(12-5-3-7-14(9-12)20(22)23)24-15(18-19)11-4-2-6-13(17)8-11/h2-9,16H,1H3/t16-/m0/s1. The third-order valence-electron chi connectivity index (χ3n) is 3.40.